The summed E-state index contributed by atoms with van der Waals surface area (Å²) in [5.74, 6) is -0.621. The first kappa shape index (κ1) is 15.1. The molecule has 0 aromatic heterocycles. The summed E-state index contributed by atoms with van der Waals surface area (Å²) in [6.45, 7) is 0. The number of carbonyl (C=O) groups excluding carboxylic acids is 1. The topological polar surface area (TPSA) is 84.6 Å². The third-order valence-electron chi connectivity index (χ3n) is 2.62. The molecule has 2 aromatic carbocycles. The molecular weight excluding hydrogens is 385 g/mol. The second kappa shape index (κ2) is 6.93. The number of benzene rings is 2. The Hall–Kier alpha value is -2.29. The minimum Gasteiger partial charge on any atom is -0.267 e. The Labute approximate surface area is 134 Å². The maximum Gasteiger partial charge on any atom is 0.282 e. The summed E-state index contributed by atoms with van der Waals surface area (Å²) in [5, 5.41) is 14.7. The van der Waals surface area contributed by atoms with E-state index in [1.165, 1.54) is 24.4 Å². The van der Waals surface area contributed by atoms with Gasteiger partial charge in [0.05, 0.1) is 11.1 Å². The molecular formula is C14H10IN3O3. The van der Waals surface area contributed by atoms with Crippen molar-refractivity contribution in [3.05, 3.63) is 73.3 Å². The summed E-state index contributed by atoms with van der Waals surface area (Å²) >= 11 is 2.15. The summed E-state index contributed by atoms with van der Waals surface area (Å²) in [4.78, 5) is 22.2. The van der Waals surface area contributed by atoms with Crippen molar-refractivity contribution < 1.29 is 9.72 Å². The highest BCUT2D eigenvalue weighted by molar-refractivity contribution is 14.1. The zero-order valence-electron chi connectivity index (χ0n) is 10.7. The maximum atomic E-state index is 11.9. The lowest BCUT2D eigenvalue weighted by Crippen LogP contribution is -2.19. The number of hydrogen-bond acceptors (Lipinski definition) is 4. The van der Waals surface area contributed by atoms with E-state index in [1.807, 2.05) is 24.3 Å². The third-order valence-corrected chi connectivity index (χ3v) is 3.60. The van der Waals surface area contributed by atoms with Gasteiger partial charge in [-0.1, -0.05) is 30.3 Å². The molecule has 0 saturated heterocycles. The number of nitro benzene ring substituents is 1. The standard InChI is InChI=1S/C14H10IN3O3/c15-12-7-3-1-5-10(12)9-16-17-14(19)11-6-2-4-8-13(11)18(20)21/h1-9H,(H,17,19). The molecule has 0 aliphatic heterocycles. The first-order chi connectivity index (χ1) is 10.1. The Kier molecular flexibility index (Phi) is 4.99. The predicted molar refractivity (Wildman–Crippen MR) is 87.3 cm³/mol. The van der Waals surface area contributed by atoms with Gasteiger partial charge in [-0.3, -0.25) is 14.9 Å². The summed E-state index contributed by atoms with van der Waals surface area (Å²) in [5.41, 5.74) is 2.86. The fourth-order valence-corrected chi connectivity index (χ4v) is 2.15. The second-order valence-corrected chi connectivity index (χ2v) is 5.16. The Morgan fingerprint density at radius 2 is 1.86 bits per heavy atom. The summed E-state index contributed by atoms with van der Waals surface area (Å²) < 4.78 is 0.985. The summed E-state index contributed by atoms with van der Waals surface area (Å²) in [6.07, 6.45) is 1.49. The largest absolute Gasteiger partial charge is 0.282 e. The van der Waals surface area contributed by atoms with E-state index >= 15 is 0 Å². The number of nitrogens with one attached hydrogen (secondary N) is 1. The predicted octanol–water partition coefficient (Wildman–Crippen LogP) is 2.96. The van der Waals surface area contributed by atoms with E-state index in [2.05, 4.69) is 33.1 Å². The molecule has 0 fully saturated rings. The van der Waals surface area contributed by atoms with Crippen molar-refractivity contribution in [2.75, 3.05) is 0 Å². The van der Waals surface area contributed by atoms with Crippen LogP contribution < -0.4 is 5.43 Å². The van der Waals surface area contributed by atoms with Gasteiger partial charge < -0.3 is 0 Å². The zero-order chi connectivity index (χ0) is 15.2. The molecule has 1 amide bonds. The molecule has 0 atom stereocenters. The highest BCUT2D eigenvalue weighted by atomic mass is 127. The van der Waals surface area contributed by atoms with Gasteiger partial charge in [0.15, 0.2) is 0 Å². The van der Waals surface area contributed by atoms with Crippen LogP contribution in [0.4, 0.5) is 5.69 Å². The molecule has 0 radical (unpaired) electrons. The lowest BCUT2D eigenvalue weighted by molar-refractivity contribution is -0.385. The van der Waals surface area contributed by atoms with Gasteiger partial charge in [-0.05, 0) is 34.7 Å². The number of amides is 1. The maximum absolute atomic E-state index is 11.9. The van der Waals surface area contributed by atoms with Crippen LogP contribution >= 0.6 is 22.6 Å². The third kappa shape index (κ3) is 3.85. The lowest BCUT2D eigenvalue weighted by atomic mass is 10.2. The molecule has 0 heterocycles. The van der Waals surface area contributed by atoms with Crippen LogP contribution in [0.2, 0.25) is 0 Å². The van der Waals surface area contributed by atoms with Crippen molar-refractivity contribution >= 4 is 40.4 Å². The van der Waals surface area contributed by atoms with Crippen LogP contribution in [0.25, 0.3) is 0 Å². The molecule has 0 aliphatic carbocycles. The number of carbonyl (C=O) groups is 1. The van der Waals surface area contributed by atoms with Crippen molar-refractivity contribution in [3.8, 4) is 0 Å². The van der Waals surface area contributed by atoms with Crippen molar-refractivity contribution in [1.29, 1.82) is 0 Å². The van der Waals surface area contributed by atoms with Crippen molar-refractivity contribution in [1.82, 2.24) is 5.43 Å². The minimum atomic E-state index is -0.621. The first-order valence-corrected chi connectivity index (χ1v) is 6.99. The molecule has 0 unspecified atom stereocenters. The normalized spacial score (nSPS) is 10.5. The van der Waals surface area contributed by atoms with Crippen LogP contribution in [0.15, 0.2) is 53.6 Å². The van der Waals surface area contributed by atoms with E-state index in [0.717, 1.165) is 9.13 Å². The Bertz CT molecular complexity index is 716. The number of nitrogens with zero attached hydrogens (tertiary/aromatic N) is 2. The van der Waals surface area contributed by atoms with Crippen molar-refractivity contribution in [2.24, 2.45) is 5.10 Å². The molecule has 106 valence electrons. The van der Waals surface area contributed by atoms with Gasteiger partial charge in [0.1, 0.15) is 5.56 Å². The first-order valence-electron chi connectivity index (χ1n) is 5.91. The summed E-state index contributed by atoms with van der Waals surface area (Å²) in [6, 6.07) is 13.2. The minimum absolute atomic E-state index is 0.0255. The second-order valence-electron chi connectivity index (χ2n) is 3.99. The average molecular weight is 395 g/mol. The van der Waals surface area contributed by atoms with Gasteiger partial charge in [-0.2, -0.15) is 5.10 Å². The number of halogens is 1. The molecule has 21 heavy (non-hydrogen) atoms. The highest BCUT2D eigenvalue weighted by Gasteiger charge is 2.18. The fraction of sp³-hybridized carbons (Fsp3) is 0. The molecule has 2 aromatic rings. The SMILES string of the molecule is O=C(NN=Cc1ccccc1I)c1ccccc1[N+](=O)[O-]. The van der Waals surface area contributed by atoms with Gasteiger partial charge in [0.2, 0.25) is 0 Å². The lowest BCUT2D eigenvalue weighted by Gasteiger charge is -2.01. The monoisotopic (exact) mass is 395 g/mol. The van der Waals surface area contributed by atoms with Crippen LogP contribution in [-0.2, 0) is 0 Å². The van der Waals surface area contributed by atoms with Gasteiger partial charge in [-0.15, -0.1) is 0 Å². The summed E-state index contributed by atoms with van der Waals surface area (Å²) in [7, 11) is 0. The Morgan fingerprint density at radius 3 is 2.57 bits per heavy atom. The van der Waals surface area contributed by atoms with Gasteiger partial charge >= 0.3 is 0 Å². The highest BCUT2D eigenvalue weighted by Crippen LogP contribution is 2.17. The van der Waals surface area contributed by atoms with E-state index in [4.69, 9.17) is 0 Å². The van der Waals surface area contributed by atoms with Crippen LogP contribution in [0.1, 0.15) is 15.9 Å². The molecule has 0 saturated carbocycles. The number of para-hydroxylation sites is 1. The Balaban J connectivity index is 2.13. The van der Waals surface area contributed by atoms with Gasteiger partial charge in [0.25, 0.3) is 11.6 Å². The van der Waals surface area contributed by atoms with Crippen molar-refractivity contribution in [3.63, 3.8) is 0 Å². The van der Waals surface area contributed by atoms with Crippen LogP contribution in [0, 0.1) is 13.7 Å². The number of nitro groups is 1. The van der Waals surface area contributed by atoms with E-state index in [1.54, 1.807) is 6.07 Å². The van der Waals surface area contributed by atoms with Crippen molar-refractivity contribution in [2.45, 2.75) is 0 Å². The molecule has 0 aliphatic rings. The molecule has 7 heteroatoms. The molecule has 1 N–H and O–H groups in total. The number of hydrogen-bond donors (Lipinski definition) is 1. The van der Waals surface area contributed by atoms with E-state index in [9.17, 15) is 14.9 Å². The molecule has 0 bridgehead atoms. The van der Waals surface area contributed by atoms with Gasteiger partial charge in [0, 0.05) is 15.2 Å². The van der Waals surface area contributed by atoms with Crippen LogP contribution in [0.5, 0.6) is 0 Å². The zero-order valence-corrected chi connectivity index (χ0v) is 12.9. The average Bonchev–Trinajstić information content (AvgIpc) is 2.49. The van der Waals surface area contributed by atoms with E-state index in [0.29, 0.717) is 0 Å². The van der Waals surface area contributed by atoms with Crippen LogP contribution in [-0.4, -0.2) is 17.0 Å². The number of rotatable bonds is 4. The Morgan fingerprint density at radius 1 is 1.19 bits per heavy atom. The molecule has 0 spiro atoms. The fourth-order valence-electron chi connectivity index (χ4n) is 1.63. The number of hydrazone groups is 1. The van der Waals surface area contributed by atoms with Gasteiger partial charge in [-0.25, -0.2) is 5.43 Å². The molecule has 2 rings (SSSR count). The van der Waals surface area contributed by atoms with E-state index < -0.39 is 10.8 Å². The van der Waals surface area contributed by atoms with Crippen LogP contribution in [0.3, 0.4) is 0 Å². The molecule has 6 nitrogen and oxygen atoms in total. The van der Waals surface area contributed by atoms with E-state index in [-0.39, 0.29) is 11.3 Å². The smallest absolute Gasteiger partial charge is 0.267 e. The quantitative estimate of drug-likeness (QED) is 0.374.